The molecule has 0 unspecified atom stereocenters. The SMILES string of the molecule is Cc1ccc(C(=O)c2c(Br)cnn2CCN(C)C)cc1N. The molecule has 0 radical (unpaired) electrons. The molecule has 21 heavy (non-hydrogen) atoms. The highest BCUT2D eigenvalue weighted by molar-refractivity contribution is 9.10. The summed E-state index contributed by atoms with van der Waals surface area (Å²) in [7, 11) is 3.97. The standard InChI is InChI=1S/C15H19BrN4O/c1-10-4-5-11(8-13(10)17)15(21)14-12(16)9-18-20(14)7-6-19(2)3/h4-5,8-9H,6-7,17H2,1-3H3. The number of aryl methyl sites for hydroxylation is 1. The van der Waals surface area contributed by atoms with E-state index in [1.807, 2.05) is 32.0 Å². The number of aromatic nitrogens is 2. The zero-order chi connectivity index (χ0) is 15.6. The molecule has 2 aromatic rings. The van der Waals surface area contributed by atoms with Crippen LogP contribution in [0.2, 0.25) is 0 Å². The molecule has 2 rings (SSSR count). The first-order valence-electron chi connectivity index (χ1n) is 6.67. The summed E-state index contributed by atoms with van der Waals surface area (Å²) in [6.07, 6.45) is 1.65. The second-order valence-corrected chi connectivity index (χ2v) is 6.12. The fourth-order valence-electron chi connectivity index (χ4n) is 1.97. The summed E-state index contributed by atoms with van der Waals surface area (Å²) in [5, 5.41) is 4.27. The third kappa shape index (κ3) is 3.51. The van der Waals surface area contributed by atoms with E-state index in [2.05, 4.69) is 21.0 Å². The van der Waals surface area contributed by atoms with Gasteiger partial charge in [-0.05, 0) is 48.6 Å². The highest BCUT2D eigenvalue weighted by atomic mass is 79.9. The van der Waals surface area contributed by atoms with Gasteiger partial charge in [-0.25, -0.2) is 0 Å². The number of likely N-dealkylation sites (N-methyl/N-ethyl adjacent to an activating group) is 1. The summed E-state index contributed by atoms with van der Waals surface area (Å²) in [6, 6.07) is 5.37. The molecule has 0 saturated heterocycles. The third-order valence-corrected chi connectivity index (χ3v) is 3.89. The zero-order valence-electron chi connectivity index (χ0n) is 12.4. The van der Waals surface area contributed by atoms with Gasteiger partial charge in [0.1, 0.15) is 5.69 Å². The van der Waals surface area contributed by atoms with Crippen molar-refractivity contribution in [2.24, 2.45) is 0 Å². The molecule has 0 fully saturated rings. The number of rotatable bonds is 5. The predicted molar refractivity (Wildman–Crippen MR) is 87.5 cm³/mol. The molecule has 0 aliphatic heterocycles. The number of hydrogen-bond acceptors (Lipinski definition) is 4. The number of carbonyl (C=O) groups excluding carboxylic acids is 1. The van der Waals surface area contributed by atoms with E-state index >= 15 is 0 Å². The summed E-state index contributed by atoms with van der Waals surface area (Å²) in [5.74, 6) is -0.0789. The number of carbonyl (C=O) groups is 1. The van der Waals surface area contributed by atoms with Gasteiger partial charge < -0.3 is 10.6 Å². The second-order valence-electron chi connectivity index (χ2n) is 5.27. The van der Waals surface area contributed by atoms with Gasteiger partial charge in [-0.3, -0.25) is 9.48 Å². The van der Waals surface area contributed by atoms with Crippen LogP contribution < -0.4 is 5.73 Å². The number of hydrogen-bond donors (Lipinski definition) is 1. The number of anilines is 1. The van der Waals surface area contributed by atoms with Crippen molar-refractivity contribution < 1.29 is 4.79 Å². The van der Waals surface area contributed by atoms with Crippen LogP contribution in [0.15, 0.2) is 28.9 Å². The van der Waals surface area contributed by atoms with Crippen LogP contribution in [0.3, 0.4) is 0 Å². The number of benzene rings is 1. The van der Waals surface area contributed by atoms with Gasteiger partial charge >= 0.3 is 0 Å². The molecule has 0 aliphatic rings. The second kappa shape index (κ2) is 6.41. The normalized spacial score (nSPS) is 11.1. The molecule has 0 amide bonds. The lowest BCUT2D eigenvalue weighted by molar-refractivity contribution is 0.102. The van der Waals surface area contributed by atoms with E-state index in [0.717, 1.165) is 12.1 Å². The van der Waals surface area contributed by atoms with Crippen molar-refractivity contribution in [3.8, 4) is 0 Å². The van der Waals surface area contributed by atoms with Crippen molar-refractivity contribution in [2.75, 3.05) is 26.4 Å². The van der Waals surface area contributed by atoms with E-state index in [0.29, 0.717) is 28.0 Å². The molecule has 0 aliphatic carbocycles. The van der Waals surface area contributed by atoms with E-state index in [1.54, 1.807) is 23.0 Å². The van der Waals surface area contributed by atoms with Crippen LogP contribution in [-0.2, 0) is 6.54 Å². The Bertz CT molecular complexity index is 664. The number of nitrogens with zero attached hydrogens (tertiary/aromatic N) is 3. The Morgan fingerprint density at radius 1 is 1.43 bits per heavy atom. The average Bonchev–Trinajstić information content (AvgIpc) is 2.80. The highest BCUT2D eigenvalue weighted by Crippen LogP contribution is 2.22. The number of halogens is 1. The van der Waals surface area contributed by atoms with Crippen LogP contribution in [0.25, 0.3) is 0 Å². The molecule has 6 heteroatoms. The Hall–Kier alpha value is -1.66. The number of nitrogen functional groups attached to an aromatic ring is 1. The summed E-state index contributed by atoms with van der Waals surface area (Å²) in [4.78, 5) is 14.7. The first-order chi connectivity index (χ1) is 9.90. The van der Waals surface area contributed by atoms with Crippen LogP contribution in [0.4, 0.5) is 5.69 Å². The fourth-order valence-corrected chi connectivity index (χ4v) is 2.45. The number of ketones is 1. The van der Waals surface area contributed by atoms with E-state index < -0.39 is 0 Å². The van der Waals surface area contributed by atoms with Crippen molar-refractivity contribution in [3.05, 3.63) is 45.7 Å². The van der Waals surface area contributed by atoms with Gasteiger partial charge in [-0.2, -0.15) is 5.10 Å². The maximum Gasteiger partial charge on any atom is 0.212 e. The van der Waals surface area contributed by atoms with E-state index in [4.69, 9.17) is 5.73 Å². The van der Waals surface area contributed by atoms with Gasteiger partial charge in [0.25, 0.3) is 0 Å². The minimum absolute atomic E-state index is 0.0789. The molecule has 1 aromatic heterocycles. The van der Waals surface area contributed by atoms with Crippen LogP contribution in [-0.4, -0.2) is 41.1 Å². The molecule has 1 aromatic carbocycles. The smallest absolute Gasteiger partial charge is 0.212 e. The molecule has 1 heterocycles. The first kappa shape index (κ1) is 15.7. The lowest BCUT2D eigenvalue weighted by Crippen LogP contribution is -2.21. The monoisotopic (exact) mass is 350 g/mol. The summed E-state index contributed by atoms with van der Waals surface area (Å²) >= 11 is 3.41. The third-order valence-electron chi connectivity index (χ3n) is 3.31. The van der Waals surface area contributed by atoms with Crippen molar-refractivity contribution in [3.63, 3.8) is 0 Å². The summed E-state index contributed by atoms with van der Waals surface area (Å²) in [5.41, 5.74) is 8.61. The van der Waals surface area contributed by atoms with Gasteiger partial charge in [-0.1, -0.05) is 12.1 Å². The van der Waals surface area contributed by atoms with Crippen LogP contribution in [0.5, 0.6) is 0 Å². The van der Waals surface area contributed by atoms with Gasteiger partial charge in [-0.15, -0.1) is 0 Å². The van der Waals surface area contributed by atoms with Crippen LogP contribution >= 0.6 is 15.9 Å². The molecule has 2 N–H and O–H groups in total. The molecular formula is C15H19BrN4O. The maximum atomic E-state index is 12.7. The average molecular weight is 351 g/mol. The Kier molecular flexibility index (Phi) is 4.80. The first-order valence-corrected chi connectivity index (χ1v) is 7.46. The van der Waals surface area contributed by atoms with Crippen molar-refractivity contribution in [1.29, 1.82) is 0 Å². The lowest BCUT2D eigenvalue weighted by atomic mass is 10.0. The Morgan fingerprint density at radius 3 is 2.76 bits per heavy atom. The molecule has 0 bridgehead atoms. The quantitative estimate of drug-likeness (QED) is 0.663. The molecular weight excluding hydrogens is 332 g/mol. The Labute approximate surface area is 132 Å². The zero-order valence-corrected chi connectivity index (χ0v) is 14.0. The van der Waals surface area contributed by atoms with E-state index in [1.165, 1.54) is 0 Å². The van der Waals surface area contributed by atoms with Crippen molar-refractivity contribution >= 4 is 27.4 Å². The minimum Gasteiger partial charge on any atom is -0.398 e. The van der Waals surface area contributed by atoms with Crippen LogP contribution in [0.1, 0.15) is 21.6 Å². The van der Waals surface area contributed by atoms with Crippen LogP contribution in [0, 0.1) is 6.92 Å². The highest BCUT2D eigenvalue weighted by Gasteiger charge is 2.19. The van der Waals surface area contributed by atoms with E-state index in [9.17, 15) is 4.79 Å². The molecule has 0 saturated carbocycles. The minimum atomic E-state index is -0.0789. The molecule has 112 valence electrons. The largest absolute Gasteiger partial charge is 0.398 e. The predicted octanol–water partition coefficient (Wildman–Crippen LogP) is 2.33. The van der Waals surface area contributed by atoms with E-state index in [-0.39, 0.29) is 5.78 Å². The Balaban J connectivity index is 2.34. The van der Waals surface area contributed by atoms with Gasteiger partial charge in [0, 0.05) is 17.8 Å². The van der Waals surface area contributed by atoms with Crippen molar-refractivity contribution in [1.82, 2.24) is 14.7 Å². The van der Waals surface area contributed by atoms with Crippen molar-refractivity contribution in [2.45, 2.75) is 13.5 Å². The molecule has 0 spiro atoms. The van der Waals surface area contributed by atoms with Gasteiger partial charge in [0.15, 0.2) is 0 Å². The summed E-state index contributed by atoms with van der Waals surface area (Å²) in [6.45, 7) is 3.38. The maximum absolute atomic E-state index is 12.7. The van der Waals surface area contributed by atoms with Gasteiger partial charge in [0.2, 0.25) is 5.78 Å². The topological polar surface area (TPSA) is 64.2 Å². The molecule has 5 nitrogen and oxygen atoms in total. The fraction of sp³-hybridized carbons (Fsp3) is 0.333. The Morgan fingerprint density at radius 2 is 2.14 bits per heavy atom. The number of nitrogens with two attached hydrogens (primary N) is 1. The molecule has 0 atom stereocenters. The summed E-state index contributed by atoms with van der Waals surface area (Å²) < 4.78 is 2.42. The van der Waals surface area contributed by atoms with Gasteiger partial charge in [0.05, 0.1) is 17.2 Å². The lowest BCUT2D eigenvalue weighted by Gasteiger charge is -2.12.